The molecule has 110 valence electrons. The third kappa shape index (κ3) is 3.82. The molecular weight excluding hydrogens is 240 g/mol. The molecule has 4 nitrogen and oxygen atoms in total. The fourth-order valence-corrected chi connectivity index (χ4v) is 2.22. The smallest absolute Gasteiger partial charge is 0.253 e. The summed E-state index contributed by atoms with van der Waals surface area (Å²) in [4.78, 5) is 25.2. The van der Waals surface area contributed by atoms with Gasteiger partial charge in [0, 0.05) is 21.1 Å². The highest BCUT2D eigenvalue weighted by molar-refractivity contribution is 5.75. The number of nitrogens with one attached hydrogen (secondary N) is 1. The van der Waals surface area contributed by atoms with Crippen LogP contribution in [0.2, 0.25) is 0 Å². The van der Waals surface area contributed by atoms with Gasteiger partial charge in [-0.2, -0.15) is 0 Å². The molecule has 0 unspecified atom stereocenters. The highest BCUT2D eigenvalue weighted by Gasteiger charge is 2.24. The first-order chi connectivity index (χ1) is 8.81. The van der Waals surface area contributed by atoms with E-state index in [1.165, 1.54) is 0 Å². The first-order valence-electron chi connectivity index (χ1n) is 7.14. The number of rotatable bonds is 7. The van der Waals surface area contributed by atoms with E-state index in [1.807, 2.05) is 18.7 Å². The topological polar surface area (TPSA) is 49.4 Å². The Morgan fingerprint density at radius 3 is 2.16 bits per heavy atom. The van der Waals surface area contributed by atoms with Crippen LogP contribution in [0.5, 0.6) is 0 Å². The Kier molecular flexibility index (Phi) is 5.15. The lowest BCUT2D eigenvalue weighted by molar-refractivity contribution is 0.370. The average Bonchev–Trinajstić information content (AvgIpc) is 2.35. The molecule has 0 fully saturated rings. The molecule has 0 saturated heterocycles. The van der Waals surface area contributed by atoms with Crippen LogP contribution in [0.25, 0.3) is 0 Å². The van der Waals surface area contributed by atoms with Crippen molar-refractivity contribution in [2.45, 2.75) is 47.5 Å². The van der Waals surface area contributed by atoms with Crippen molar-refractivity contribution in [3.05, 3.63) is 20.4 Å². The highest BCUT2D eigenvalue weighted by atomic mass is 16.2. The molecule has 19 heavy (non-hydrogen) atoms. The minimum Gasteiger partial charge on any atom is -0.380 e. The first-order valence-corrected chi connectivity index (χ1v) is 7.14. The van der Waals surface area contributed by atoms with Crippen LogP contribution in [0.1, 0.15) is 48.9 Å². The second-order valence-corrected chi connectivity index (χ2v) is 6.15. The van der Waals surface area contributed by atoms with Gasteiger partial charge in [0.1, 0.15) is 11.4 Å². The lowest BCUT2D eigenvalue weighted by Gasteiger charge is -2.25. The van der Waals surface area contributed by atoms with Crippen molar-refractivity contribution in [3.63, 3.8) is 0 Å². The van der Waals surface area contributed by atoms with Crippen molar-refractivity contribution in [1.82, 2.24) is 0 Å². The van der Waals surface area contributed by atoms with E-state index in [0.29, 0.717) is 16.8 Å². The molecule has 0 amide bonds. The van der Waals surface area contributed by atoms with Crippen LogP contribution in [0, 0.1) is 5.41 Å². The summed E-state index contributed by atoms with van der Waals surface area (Å²) >= 11 is 0. The van der Waals surface area contributed by atoms with E-state index in [4.69, 9.17) is 0 Å². The van der Waals surface area contributed by atoms with Gasteiger partial charge in [-0.25, -0.2) is 0 Å². The van der Waals surface area contributed by atoms with Crippen LogP contribution in [0.4, 0.5) is 11.4 Å². The van der Waals surface area contributed by atoms with E-state index < -0.39 is 0 Å². The van der Waals surface area contributed by atoms with Crippen molar-refractivity contribution in [3.8, 4) is 0 Å². The Morgan fingerprint density at radius 2 is 1.68 bits per heavy atom. The molecule has 4 heteroatoms. The predicted octanol–water partition coefficient (Wildman–Crippen LogP) is 2.61. The summed E-state index contributed by atoms with van der Waals surface area (Å²) in [5, 5.41) is 3.14. The number of hydrogen-bond donors (Lipinski definition) is 1. The SMILES string of the molecule is CCN(CC)c1c(NCCCC(C)(C)C)c(=O)c1=O.[HH]. The van der Waals surface area contributed by atoms with Crippen molar-refractivity contribution < 1.29 is 1.43 Å². The summed E-state index contributed by atoms with van der Waals surface area (Å²) in [5.41, 5.74) is 0.685. The Bertz CT molecular complexity index is 481. The van der Waals surface area contributed by atoms with Gasteiger partial charge >= 0.3 is 0 Å². The number of nitrogens with zero attached hydrogens (tertiary/aromatic N) is 1. The molecule has 0 aromatic heterocycles. The van der Waals surface area contributed by atoms with E-state index in [1.54, 1.807) is 0 Å². The Balaban J connectivity index is 0.00000361. The Morgan fingerprint density at radius 1 is 1.11 bits per heavy atom. The minimum absolute atomic E-state index is 0. The maximum atomic E-state index is 11.6. The normalized spacial score (nSPS) is 11.8. The van der Waals surface area contributed by atoms with Gasteiger partial charge in [-0.15, -0.1) is 0 Å². The van der Waals surface area contributed by atoms with Crippen molar-refractivity contribution in [2.24, 2.45) is 5.41 Å². The zero-order chi connectivity index (χ0) is 14.6. The Hall–Kier alpha value is -1.32. The average molecular weight is 268 g/mol. The van der Waals surface area contributed by atoms with Crippen LogP contribution >= 0.6 is 0 Å². The molecule has 0 radical (unpaired) electrons. The molecule has 0 heterocycles. The van der Waals surface area contributed by atoms with Gasteiger partial charge in [0.05, 0.1) is 0 Å². The summed E-state index contributed by atoms with van der Waals surface area (Å²) in [5.74, 6) is 0. The Labute approximate surface area is 117 Å². The van der Waals surface area contributed by atoms with E-state index >= 15 is 0 Å². The second-order valence-electron chi connectivity index (χ2n) is 6.15. The van der Waals surface area contributed by atoms with E-state index in [9.17, 15) is 9.59 Å². The predicted molar refractivity (Wildman–Crippen MR) is 84.2 cm³/mol. The summed E-state index contributed by atoms with van der Waals surface area (Å²) in [7, 11) is 0. The molecule has 1 aromatic carbocycles. The summed E-state index contributed by atoms with van der Waals surface area (Å²) in [6, 6.07) is 0. The second kappa shape index (κ2) is 6.22. The zero-order valence-corrected chi connectivity index (χ0v) is 12.8. The van der Waals surface area contributed by atoms with Gasteiger partial charge in [-0.05, 0) is 32.1 Å². The molecular formula is C15H28N2O2. The fourth-order valence-electron chi connectivity index (χ4n) is 2.22. The van der Waals surface area contributed by atoms with Crippen molar-refractivity contribution in [1.29, 1.82) is 0 Å². The van der Waals surface area contributed by atoms with Crippen molar-refractivity contribution in [2.75, 3.05) is 29.9 Å². The molecule has 0 aliphatic rings. The van der Waals surface area contributed by atoms with Gasteiger partial charge in [0.2, 0.25) is 0 Å². The molecule has 0 bridgehead atoms. The van der Waals surface area contributed by atoms with Gasteiger partial charge in [-0.1, -0.05) is 20.8 Å². The molecule has 0 saturated carbocycles. The van der Waals surface area contributed by atoms with E-state index in [2.05, 4.69) is 26.1 Å². The third-order valence-electron chi connectivity index (χ3n) is 3.37. The molecule has 0 aliphatic carbocycles. The highest BCUT2D eigenvalue weighted by Crippen LogP contribution is 2.22. The zero-order valence-electron chi connectivity index (χ0n) is 12.8. The molecule has 0 aliphatic heterocycles. The van der Waals surface area contributed by atoms with Crippen LogP contribution in [-0.2, 0) is 0 Å². The summed E-state index contributed by atoms with van der Waals surface area (Å²) in [6.45, 7) is 12.8. The van der Waals surface area contributed by atoms with E-state index in [0.717, 1.165) is 32.5 Å². The summed E-state index contributed by atoms with van der Waals surface area (Å²) in [6.07, 6.45) is 2.09. The molecule has 0 atom stereocenters. The molecule has 1 N–H and O–H groups in total. The monoisotopic (exact) mass is 268 g/mol. The van der Waals surface area contributed by atoms with Crippen LogP contribution in [0.3, 0.4) is 0 Å². The summed E-state index contributed by atoms with van der Waals surface area (Å²) < 4.78 is 0. The maximum Gasteiger partial charge on any atom is 0.253 e. The van der Waals surface area contributed by atoms with Gasteiger partial charge in [0.15, 0.2) is 0 Å². The van der Waals surface area contributed by atoms with Crippen LogP contribution < -0.4 is 21.1 Å². The van der Waals surface area contributed by atoms with Crippen LogP contribution in [0.15, 0.2) is 9.59 Å². The van der Waals surface area contributed by atoms with Gasteiger partial charge in [-0.3, -0.25) is 9.59 Å². The fraction of sp³-hybridized carbons (Fsp3) is 0.733. The first kappa shape index (κ1) is 15.7. The standard InChI is InChI=1S/C15H26N2O2.H2/c1-6-17(7-2)12-11(13(18)14(12)19)16-10-8-9-15(3,4)5;/h16H,6-10H2,1-5H3;1H. The van der Waals surface area contributed by atoms with Crippen LogP contribution in [-0.4, -0.2) is 19.6 Å². The largest absolute Gasteiger partial charge is 0.380 e. The lowest BCUT2D eigenvalue weighted by Crippen LogP contribution is -2.42. The van der Waals surface area contributed by atoms with Gasteiger partial charge in [0.25, 0.3) is 10.9 Å². The number of anilines is 2. The third-order valence-corrected chi connectivity index (χ3v) is 3.37. The number of hydrogen-bond acceptors (Lipinski definition) is 4. The molecule has 1 rings (SSSR count). The maximum absolute atomic E-state index is 11.6. The molecule has 0 spiro atoms. The molecule has 1 aromatic rings. The lowest BCUT2D eigenvalue weighted by atomic mass is 9.90. The minimum atomic E-state index is -0.363. The van der Waals surface area contributed by atoms with E-state index in [-0.39, 0.29) is 12.3 Å². The van der Waals surface area contributed by atoms with Crippen molar-refractivity contribution >= 4 is 11.4 Å². The quantitative estimate of drug-likeness (QED) is 0.610. The van der Waals surface area contributed by atoms with Gasteiger partial charge < -0.3 is 10.2 Å².